The van der Waals surface area contributed by atoms with E-state index in [1.165, 1.54) is 25.3 Å². The summed E-state index contributed by atoms with van der Waals surface area (Å²) in [5, 5.41) is 3.60. The summed E-state index contributed by atoms with van der Waals surface area (Å²) in [4.78, 5) is 0. The van der Waals surface area contributed by atoms with Gasteiger partial charge < -0.3 is 5.32 Å². The van der Waals surface area contributed by atoms with Crippen LogP contribution in [0.2, 0.25) is 5.02 Å². The van der Waals surface area contributed by atoms with Crippen molar-refractivity contribution in [3.63, 3.8) is 0 Å². The molecule has 1 aromatic carbocycles. The van der Waals surface area contributed by atoms with Gasteiger partial charge in [-0.25, -0.2) is 4.39 Å². The van der Waals surface area contributed by atoms with E-state index in [0.29, 0.717) is 17.0 Å². The van der Waals surface area contributed by atoms with E-state index in [-0.39, 0.29) is 5.82 Å². The molecule has 16 heavy (non-hydrogen) atoms. The van der Waals surface area contributed by atoms with Crippen LogP contribution in [-0.4, -0.2) is 13.1 Å². The zero-order valence-corrected chi connectivity index (χ0v) is 10.2. The van der Waals surface area contributed by atoms with Crippen molar-refractivity contribution in [2.45, 2.75) is 31.7 Å². The van der Waals surface area contributed by atoms with Gasteiger partial charge in [-0.3, -0.25) is 0 Å². The fourth-order valence-corrected chi connectivity index (χ4v) is 2.74. The Morgan fingerprint density at radius 2 is 2.25 bits per heavy atom. The summed E-state index contributed by atoms with van der Waals surface area (Å²) in [7, 11) is 2.00. The maximum atomic E-state index is 13.3. The Morgan fingerprint density at radius 3 is 2.94 bits per heavy atom. The molecule has 3 heteroatoms. The van der Waals surface area contributed by atoms with Crippen molar-refractivity contribution >= 4 is 11.6 Å². The monoisotopic (exact) mass is 241 g/mol. The fourth-order valence-electron chi connectivity index (χ4n) is 2.54. The molecule has 0 spiro atoms. The maximum absolute atomic E-state index is 13.3. The van der Waals surface area contributed by atoms with E-state index >= 15 is 0 Å². The summed E-state index contributed by atoms with van der Waals surface area (Å²) in [5.74, 6) is 0.332. The van der Waals surface area contributed by atoms with Gasteiger partial charge in [0.15, 0.2) is 0 Å². The zero-order chi connectivity index (χ0) is 11.5. The minimum atomic E-state index is -0.303. The average molecular weight is 242 g/mol. The van der Waals surface area contributed by atoms with Crippen molar-refractivity contribution in [3.05, 3.63) is 34.6 Å². The van der Waals surface area contributed by atoms with Crippen LogP contribution in [-0.2, 0) is 6.42 Å². The van der Waals surface area contributed by atoms with E-state index in [9.17, 15) is 4.39 Å². The van der Waals surface area contributed by atoms with Crippen LogP contribution in [0.15, 0.2) is 18.2 Å². The molecule has 1 aliphatic carbocycles. The molecule has 0 heterocycles. The first-order chi connectivity index (χ1) is 7.70. The molecule has 0 aromatic heterocycles. The number of halogens is 2. The van der Waals surface area contributed by atoms with Crippen molar-refractivity contribution in [1.82, 2.24) is 5.32 Å². The molecule has 0 saturated heterocycles. The van der Waals surface area contributed by atoms with Gasteiger partial charge in [0, 0.05) is 6.04 Å². The number of rotatable bonds is 3. The molecule has 2 atom stereocenters. The predicted molar refractivity (Wildman–Crippen MR) is 65.3 cm³/mol. The Labute approximate surface area is 101 Å². The smallest absolute Gasteiger partial charge is 0.142 e. The Bertz CT molecular complexity index is 367. The first-order valence-corrected chi connectivity index (χ1v) is 6.18. The minimum Gasteiger partial charge on any atom is -0.317 e. The molecule has 88 valence electrons. The summed E-state index contributed by atoms with van der Waals surface area (Å²) in [5.41, 5.74) is 0.948. The molecule has 1 saturated carbocycles. The number of benzene rings is 1. The van der Waals surface area contributed by atoms with Gasteiger partial charge in [-0.15, -0.1) is 0 Å². The largest absolute Gasteiger partial charge is 0.317 e. The SMILES string of the molecule is CNC1CCC(Cc2cccc(F)c2Cl)C1. The van der Waals surface area contributed by atoms with E-state index in [1.54, 1.807) is 6.07 Å². The Morgan fingerprint density at radius 1 is 1.44 bits per heavy atom. The van der Waals surface area contributed by atoms with Crippen LogP contribution < -0.4 is 5.32 Å². The summed E-state index contributed by atoms with van der Waals surface area (Å²) >= 11 is 5.95. The Kier molecular flexibility index (Phi) is 3.82. The zero-order valence-electron chi connectivity index (χ0n) is 9.47. The molecule has 1 aliphatic rings. The van der Waals surface area contributed by atoms with Gasteiger partial charge in [-0.1, -0.05) is 23.7 Å². The van der Waals surface area contributed by atoms with E-state index in [2.05, 4.69) is 5.32 Å². The highest BCUT2D eigenvalue weighted by molar-refractivity contribution is 6.31. The summed E-state index contributed by atoms with van der Waals surface area (Å²) in [6.07, 6.45) is 4.49. The number of hydrogen-bond donors (Lipinski definition) is 1. The normalized spacial score (nSPS) is 24.9. The lowest BCUT2D eigenvalue weighted by Gasteiger charge is -2.12. The second-order valence-electron chi connectivity index (χ2n) is 4.58. The summed E-state index contributed by atoms with van der Waals surface area (Å²) < 4.78 is 13.3. The molecule has 1 N–H and O–H groups in total. The molecule has 0 amide bonds. The van der Waals surface area contributed by atoms with E-state index in [0.717, 1.165) is 12.0 Å². The first kappa shape index (κ1) is 11.9. The van der Waals surface area contributed by atoms with Crippen molar-refractivity contribution in [3.8, 4) is 0 Å². The predicted octanol–water partition coefficient (Wildman–Crippen LogP) is 3.41. The molecule has 0 radical (unpaired) electrons. The molecule has 2 rings (SSSR count). The van der Waals surface area contributed by atoms with E-state index < -0.39 is 0 Å². The van der Waals surface area contributed by atoms with Gasteiger partial charge >= 0.3 is 0 Å². The second-order valence-corrected chi connectivity index (χ2v) is 4.96. The molecule has 1 nitrogen and oxygen atoms in total. The van der Waals surface area contributed by atoms with Gasteiger partial charge in [-0.2, -0.15) is 0 Å². The second kappa shape index (κ2) is 5.15. The Hall–Kier alpha value is -0.600. The topological polar surface area (TPSA) is 12.0 Å². The molecule has 1 fully saturated rings. The third-order valence-electron chi connectivity index (χ3n) is 3.49. The first-order valence-electron chi connectivity index (χ1n) is 5.81. The van der Waals surface area contributed by atoms with Crippen LogP contribution in [0.3, 0.4) is 0 Å². The van der Waals surface area contributed by atoms with Crippen LogP contribution in [0, 0.1) is 11.7 Å². The van der Waals surface area contributed by atoms with Crippen LogP contribution in [0.4, 0.5) is 4.39 Å². The van der Waals surface area contributed by atoms with Gasteiger partial charge in [0.25, 0.3) is 0 Å². The van der Waals surface area contributed by atoms with Crippen molar-refractivity contribution < 1.29 is 4.39 Å². The van der Waals surface area contributed by atoms with Gasteiger partial charge in [-0.05, 0) is 50.3 Å². The lowest BCUT2D eigenvalue weighted by atomic mass is 9.97. The van der Waals surface area contributed by atoms with E-state index in [4.69, 9.17) is 11.6 Å². The molecular formula is C13H17ClFN. The van der Waals surface area contributed by atoms with Crippen molar-refractivity contribution in [2.75, 3.05) is 7.05 Å². The fraction of sp³-hybridized carbons (Fsp3) is 0.538. The van der Waals surface area contributed by atoms with Gasteiger partial charge in [0.05, 0.1) is 5.02 Å². The molecule has 0 bridgehead atoms. The molecule has 1 aromatic rings. The van der Waals surface area contributed by atoms with Gasteiger partial charge in [0.1, 0.15) is 5.82 Å². The quantitative estimate of drug-likeness (QED) is 0.855. The van der Waals surface area contributed by atoms with Crippen LogP contribution in [0.1, 0.15) is 24.8 Å². The van der Waals surface area contributed by atoms with Crippen molar-refractivity contribution in [1.29, 1.82) is 0 Å². The number of hydrogen-bond acceptors (Lipinski definition) is 1. The molecule has 0 aliphatic heterocycles. The highest BCUT2D eigenvalue weighted by atomic mass is 35.5. The minimum absolute atomic E-state index is 0.301. The number of nitrogens with one attached hydrogen (secondary N) is 1. The lowest BCUT2D eigenvalue weighted by Crippen LogP contribution is -2.21. The van der Waals surface area contributed by atoms with Gasteiger partial charge in [0.2, 0.25) is 0 Å². The summed E-state index contributed by atoms with van der Waals surface area (Å²) in [6.45, 7) is 0. The van der Waals surface area contributed by atoms with Crippen LogP contribution in [0.25, 0.3) is 0 Å². The summed E-state index contributed by atoms with van der Waals surface area (Å²) in [6, 6.07) is 5.70. The average Bonchev–Trinajstić information content (AvgIpc) is 2.73. The molecule has 2 unspecified atom stereocenters. The molecular weight excluding hydrogens is 225 g/mol. The Balaban J connectivity index is 2.02. The third kappa shape index (κ3) is 2.55. The lowest BCUT2D eigenvalue weighted by molar-refractivity contribution is 0.508. The van der Waals surface area contributed by atoms with E-state index in [1.807, 2.05) is 13.1 Å². The van der Waals surface area contributed by atoms with Crippen LogP contribution in [0.5, 0.6) is 0 Å². The standard InChI is InChI=1S/C13H17ClFN/c1-16-11-6-5-9(8-11)7-10-3-2-4-12(15)13(10)14/h2-4,9,11,16H,5-8H2,1H3. The highest BCUT2D eigenvalue weighted by Gasteiger charge is 2.24. The highest BCUT2D eigenvalue weighted by Crippen LogP contribution is 2.31. The van der Waals surface area contributed by atoms with Crippen LogP contribution >= 0.6 is 11.6 Å². The maximum Gasteiger partial charge on any atom is 0.142 e. The third-order valence-corrected chi connectivity index (χ3v) is 3.91. The van der Waals surface area contributed by atoms with Crippen molar-refractivity contribution in [2.24, 2.45) is 5.92 Å².